The van der Waals surface area contributed by atoms with E-state index < -0.39 is 0 Å². The SMILES string of the molecule is CC1(C(=O)N2CCC(n3ccc(N)n3)CC2)CCCCC1. The van der Waals surface area contributed by atoms with Crippen LogP contribution in [-0.2, 0) is 4.79 Å². The number of nitrogens with zero attached hydrogens (tertiary/aromatic N) is 3. The third-order valence-corrected chi connectivity index (χ3v) is 5.23. The van der Waals surface area contributed by atoms with Crippen molar-refractivity contribution in [3.63, 3.8) is 0 Å². The molecule has 3 rings (SSSR count). The largest absolute Gasteiger partial charge is 0.382 e. The van der Waals surface area contributed by atoms with Gasteiger partial charge in [-0.1, -0.05) is 26.2 Å². The average Bonchev–Trinajstić information content (AvgIpc) is 2.94. The van der Waals surface area contributed by atoms with E-state index >= 15 is 0 Å². The molecular formula is C16H26N4O. The van der Waals surface area contributed by atoms with Crippen LogP contribution in [0.25, 0.3) is 0 Å². The quantitative estimate of drug-likeness (QED) is 0.910. The fourth-order valence-electron chi connectivity index (χ4n) is 3.82. The molecule has 5 nitrogen and oxygen atoms in total. The van der Waals surface area contributed by atoms with Gasteiger partial charge in [-0.3, -0.25) is 9.48 Å². The summed E-state index contributed by atoms with van der Waals surface area (Å²) < 4.78 is 1.96. The maximum atomic E-state index is 12.8. The van der Waals surface area contributed by atoms with Gasteiger partial charge in [0, 0.05) is 24.7 Å². The molecule has 2 fully saturated rings. The van der Waals surface area contributed by atoms with Crippen molar-refractivity contribution in [3.05, 3.63) is 12.3 Å². The summed E-state index contributed by atoms with van der Waals surface area (Å²) in [4.78, 5) is 14.9. The molecule has 116 valence electrons. The van der Waals surface area contributed by atoms with Crippen LogP contribution in [0.1, 0.15) is 57.9 Å². The predicted octanol–water partition coefficient (Wildman–Crippen LogP) is 2.60. The lowest BCUT2D eigenvalue weighted by Gasteiger charge is -2.40. The van der Waals surface area contributed by atoms with Gasteiger partial charge in [0.15, 0.2) is 0 Å². The molecule has 0 atom stereocenters. The van der Waals surface area contributed by atoms with Gasteiger partial charge in [-0.05, 0) is 31.7 Å². The Hall–Kier alpha value is -1.52. The van der Waals surface area contributed by atoms with Crippen LogP contribution < -0.4 is 5.73 Å². The van der Waals surface area contributed by atoms with Crippen molar-refractivity contribution in [2.45, 2.75) is 57.9 Å². The standard InChI is InChI=1S/C16H26N4O/c1-16(8-3-2-4-9-16)15(21)19-10-5-13(6-11-19)20-12-7-14(17)18-20/h7,12-13H,2-6,8-11H2,1H3,(H2,17,18). The molecule has 0 unspecified atom stereocenters. The molecule has 1 saturated heterocycles. The van der Waals surface area contributed by atoms with Gasteiger partial charge in [-0.25, -0.2) is 0 Å². The zero-order valence-corrected chi connectivity index (χ0v) is 12.9. The summed E-state index contributed by atoms with van der Waals surface area (Å²) in [5.74, 6) is 0.948. The second-order valence-electron chi connectivity index (χ2n) is 6.87. The number of carbonyl (C=O) groups excluding carboxylic acids is 1. The third-order valence-electron chi connectivity index (χ3n) is 5.23. The number of hydrogen-bond acceptors (Lipinski definition) is 3. The summed E-state index contributed by atoms with van der Waals surface area (Å²) >= 11 is 0. The maximum Gasteiger partial charge on any atom is 0.228 e. The van der Waals surface area contributed by atoms with Gasteiger partial charge in [-0.15, -0.1) is 0 Å². The number of likely N-dealkylation sites (tertiary alicyclic amines) is 1. The van der Waals surface area contributed by atoms with Gasteiger partial charge in [0.25, 0.3) is 0 Å². The van der Waals surface area contributed by atoms with Crippen molar-refractivity contribution in [2.24, 2.45) is 5.41 Å². The van der Waals surface area contributed by atoms with Crippen LogP contribution in [0.2, 0.25) is 0 Å². The second kappa shape index (κ2) is 5.70. The van der Waals surface area contributed by atoms with Gasteiger partial charge in [0.2, 0.25) is 5.91 Å². The van der Waals surface area contributed by atoms with Gasteiger partial charge >= 0.3 is 0 Å². The molecule has 2 aliphatic rings. The Morgan fingerprint density at radius 2 is 1.95 bits per heavy atom. The lowest BCUT2D eigenvalue weighted by Crippen LogP contribution is -2.47. The number of nitrogen functional groups attached to an aromatic ring is 1. The smallest absolute Gasteiger partial charge is 0.228 e. The fraction of sp³-hybridized carbons (Fsp3) is 0.750. The zero-order chi connectivity index (χ0) is 14.9. The summed E-state index contributed by atoms with van der Waals surface area (Å²) in [6.45, 7) is 3.85. The first kappa shape index (κ1) is 14.4. The first-order chi connectivity index (χ1) is 10.1. The highest BCUT2D eigenvalue weighted by Crippen LogP contribution is 2.38. The average molecular weight is 290 g/mol. The van der Waals surface area contributed by atoms with E-state index in [-0.39, 0.29) is 5.41 Å². The Morgan fingerprint density at radius 1 is 1.29 bits per heavy atom. The van der Waals surface area contributed by atoms with Crippen molar-refractivity contribution >= 4 is 11.7 Å². The zero-order valence-electron chi connectivity index (χ0n) is 12.9. The molecule has 2 heterocycles. The van der Waals surface area contributed by atoms with Crippen molar-refractivity contribution < 1.29 is 4.79 Å². The highest BCUT2D eigenvalue weighted by atomic mass is 16.2. The molecule has 1 aromatic heterocycles. The summed E-state index contributed by atoms with van der Waals surface area (Å²) in [6, 6.07) is 2.21. The Balaban J connectivity index is 1.59. The molecule has 1 aliphatic heterocycles. The number of hydrogen-bond donors (Lipinski definition) is 1. The molecule has 1 saturated carbocycles. The molecule has 21 heavy (non-hydrogen) atoms. The summed E-state index contributed by atoms with van der Waals surface area (Å²) in [6.07, 6.45) is 9.69. The first-order valence-electron chi connectivity index (χ1n) is 8.18. The molecule has 1 amide bonds. The fourth-order valence-corrected chi connectivity index (χ4v) is 3.82. The van der Waals surface area contributed by atoms with Crippen molar-refractivity contribution in [1.29, 1.82) is 0 Å². The predicted molar refractivity (Wildman–Crippen MR) is 82.7 cm³/mol. The normalized spacial score (nSPS) is 23.2. The number of rotatable bonds is 2. The minimum absolute atomic E-state index is 0.110. The van der Waals surface area contributed by atoms with Crippen molar-refractivity contribution in [3.8, 4) is 0 Å². The van der Waals surface area contributed by atoms with Crippen LogP contribution in [-0.4, -0.2) is 33.7 Å². The Morgan fingerprint density at radius 3 is 2.52 bits per heavy atom. The second-order valence-corrected chi connectivity index (χ2v) is 6.87. The third kappa shape index (κ3) is 2.92. The van der Waals surface area contributed by atoms with Gasteiger partial charge in [0.05, 0.1) is 6.04 Å². The van der Waals surface area contributed by atoms with Crippen LogP contribution in [0.4, 0.5) is 5.82 Å². The van der Waals surface area contributed by atoms with Crippen LogP contribution >= 0.6 is 0 Å². The monoisotopic (exact) mass is 290 g/mol. The lowest BCUT2D eigenvalue weighted by atomic mass is 9.74. The minimum atomic E-state index is -0.110. The molecule has 0 radical (unpaired) electrons. The van der Waals surface area contributed by atoms with Gasteiger partial charge in [0.1, 0.15) is 5.82 Å². The van der Waals surface area contributed by atoms with E-state index in [1.54, 1.807) is 0 Å². The van der Waals surface area contributed by atoms with Crippen molar-refractivity contribution in [2.75, 3.05) is 18.8 Å². The Labute approximate surface area is 126 Å². The highest BCUT2D eigenvalue weighted by molar-refractivity contribution is 5.82. The van der Waals surface area contributed by atoms with E-state index in [1.807, 2.05) is 16.9 Å². The number of aromatic nitrogens is 2. The van der Waals surface area contributed by atoms with E-state index in [4.69, 9.17) is 5.73 Å². The number of anilines is 1. The molecule has 2 N–H and O–H groups in total. The maximum absolute atomic E-state index is 12.8. The summed E-state index contributed by atoms with van der Waals surface area (Å²) in [5.41, 5.74) is 5.57. The Kier molecular flexibility index (Phi) is 3.91. The molecule has 0 bridgehead atoms. The van der Waals surface area contributed by atoms with E-state index in [0.717, 1.165) is 38.8 Å². The Bertz CT molecular complexity index is 496. The van der Waals surface area contributed by atoms with Crippen LogP contribution in [0, 0.1) is 5.41 Å². The van der Waals surface area contributed by atoms with Gasteiger partial charge in [-0.2, -0.15) is 5.10 Å². The first-order valence-corrected chi connectivity index (χ1v) is 8.18. The number of piperidine rings is 1. The molecule has 0 spiro atoms. The van der Waals surface area contributed by atoms with Gasteiger partial charge < -0.3 is 10.6 Å². The number of nitrogens with two attached hydrogens (primary N) is 1. The lowest BCUT2D eigenvalue weighted by molar-refractivity contribution is -0.144. The molecular weight excluding hydrogens is 264 g/mol. The molecule has 1 aliphatic carbocycles. The van der Waals surface area contributed by atoms with E-state index in [0.29, 0.717) is 17.8 Å². The summed E-state index contributed by atoms with van der Waals surface area (Å²) in [5, 5.41) is 4.30. The molecule has 0 aromatic carbocycles. The number of carbonyl (C=O) groups is 1. The minimum Gasteiger partial charge on any atom is -0.382 e. The van der Waals surface area contributed by atoms with E-state index in [1.165, 1.54) is 19.3 Å². The number of amides is 1. The highest BCUT2D eigenvalue weighted by Gasteiger charge is 2.38. The molecule has 5 heteroatoms. The topological polar surface area (TPSA) is 64.2 Å². The molecule has 1 aromatic rings. The van der Waals surface area contributed by atoms with Crippen molar-refractivity contribution in [1.82, 2.24) is 14.7 Å². The van der Waals surface area contributed by atoms with E-state index in [2.05, 4.69) is 16.9 Å². The van der Waals surface area contributed by atoms with Crippen LogP contribution in [0.3, 0.4) is 0 Å². The van der Waals surface area contributed by atoms with Crippen LogP contribution in [0.5, 0.6) is 0 Å². The van der Waals surface area contributed by atoms with E-state index in [9.17, 15) is 4.79 Å². The van der Waals surface area contributed by atoms with Crippen LogP contribution in [0.15, 0.2) is 12.3 Å². The summed E-state index contributed by atoms with van der Waals surface area (Å²) in [7, 11) is 0.